The molecule has 1 fully saturated rings. The molecule has 0 aliphatic carbocycles. The standard InChI is InChI=1S/C21H31FN6O/c1-16-13-17(2)28(26-16)8-4-7-24-21(23-3)25-15-18-5-6-20(19(22)14-18)27-9-11-29-12-10-27/h5-6,13-14H,4,7-12,15H2,1-3H3,(H2,23,24,25). The van der Waals surface area contributed by atoms with Crippen LogP contribution in [0.4, 0.5) is 10.1 Å². The number of nitrogens with zero attached hydrogens (tertiary/aromatic N) is 4. The number of guanidine groups is 1. The number of halogens is 1. The summed E-state index contributed by atoms with van der Waals surface area (Å²) >= 11 is 0. The largest absolute Gasteiger partial charge is 0.378 e. The Balaban J connectivity index is 1.44. The third-order valence-electron chi connectivity index (χ3n) is 4.99. The second-order valence-corrected chi connectivity index (χ2v) is 7.24. The van der Waals surface area contributed by atoms with E-state index < -0.39 is 0 Å². The van der Waals surface area contributed by atoms with Gasteiger partial charge >= 0.3 is 0 Å². The summed E-state index contributed by atoms with van der Waals surface area (Å²) in [7, 11) is 1.73. The summed E-state index contributed by atoms with van der Waals surface area (Å²) in [5, 5.41) is 11.0. The van der Waals surface area contributed by atoms with E-state index in [0.29, 0.717) is 31.4 Å². The highest BCUT2D eigenvalue weighted by Crippen LogP contribution is 2.21. The molecule has 0 bridgehead atoms. The van der Waals surface area contributed by atoms with Gasteiger partial charge in [0.05, 0.1) is 24.6 Å². The molecule has 1 aliphatic rings. The minimum atomic E-state index is -0.195. The molecule has 2 heterocycles. The van der Waals surface area contributed by atoms with Crippen molar-refractivity contribution in [1.29, 1.82) is 0 Å². The van der Waals surface area contributed by atoms with Gasteiger partial charge in [-0.15, -0.1) is 0 Å². The van der Waals surface area contributed by atoms with Crippen LogP contribution in [0.1, 0.15) is 23.4 Å². The normalized spacial score (nSPS) is 14.9. The van der Waals surface area contributed by atoms with Crippen LogP contribution in [0.2, 0.25) is 0 Å². The third-order valence-corrected chi connectivity index (χ3v) is 4.99. The Kier molecular flexibility index (Phi) is 7.46. The number of rotatable bonds is 7. The van der Waals surface area contributed by atoms with E-state index in [1.54, 1.807) is 13.1 Å². The van der Waals surface area contributed by atoms with Crippen LogP contribution >= 0.6 is 0 Å². The lowest BCUT2D eigenvalue weighted by molar-refractivity contribution is 0.122. The maximum absolute atomic E-state index is 14.5. The van der Waals surface area contributed by atoms with E-state index in [2.05, 4.69) is 33.7 Å². The number of morpholine rings is 1. The summed E-state index contributed by atoms with van der Waals surface area (Å²) in [5.41, 5.74) is 3.74. The summed E-state index contributed by atoms with van der Waals surface area (Å²) in [4.78, 5) is 6.27. The van der Waals surface area contributed by atoms with Crippen molar-refractivity contribution in [2.24, 2.45) is 4.99 Å². The second kappa shape index (κ2) is 10.2. The maximum Gasteiger partial charge on any atom is 0.191 e. The summed E-state index contributed by atoms with van der Waals surface area (Å²) in [6.45, 7) is 8.96. The van der Waals surface area contributed by atoms with Gasteiger partial charge in [0.1, 0.15) is 5.82 Å². The Morgan fingerprint density at radius 2 is 2.00 bits per heavy atom. The van der Waals surface area contributed by atoms with Crippen LogP contribution in [0, 0.1) is 19.7 Å². The van der Waals surface area contributed by atoms with E-state index >= 15 is 0 Å². The zero-order valence-corrected chi connectivity index (χ0v) is 17.5. The Labute approximate surface area is 172 Å². The highest BCUT2D eigenvalue weighted by Gasteiger charge is 2.15. The molecule has 0 unspecified atom stereocenters. The average molecular weight is 403 g/mol. The van der Waals surface area contributed by atoms with Gasteiger partial charge in [0.15, 0.2) is 5.96 Å². The molecule has 1 aromatic heterocycles. The van der Waals surface area contributed by atoms with E-state index in [0.717, 1.165) is 43.9 Å². The Morgan fingerprint density at radius 3 is 2.66 bits per heavy atom. The molecular formula is C21H31FN6O. The fraction of sp³-hybridized carbons (Fsp3) is 0.524. The quantitative estimate of drug-likeness (QED) is 0.422. The molecule has 29 heavy (non-hydrogen) atoms. The number of nitrogens with one attached hydrogen (secondary N) is 2. The van der Waals surface area contributed by atoms with Gasteiger partial charge in [-0.25, -0.2) is 4.39 Å². The van der Waals surface area contributed by atoms with Gasteiger partial charge in [0.2, 0.25) is 0 Å². The average Bonchev–Trinajstić information content (AvgIpc) is 3.05. The lowest BCUT2D eigenvalue weighted by Gasteiger charge is -2.29. The molecule has 1 aliphatic heterocycles. The fourth-order valence-electron chi connectivity index (χ4n) is 3.46. The van der Waals surface area contributed by atoms with E-state index in [-0.39, 0.29) is 5.82 Å². The molecule has 7 nitrogen and oxygen atoms in total. The van der Waals surface area contributed by atoms with Crippen molar-refractivity contribution >= 4 is 11.6 Å². The minimum absolute atomic E-state index is 0.195. The topological polar surface area (TPSA) is 66.7 Å². The van der Waals surface area contributed by atoms with Gasteiger partial charge < -0.3 is 20.3 Å². The first kappa shape index (κ1) is 21.1. The molecule has 0 atom stereocenters. The summed E-state index contributed by atoms with van der Waals surface area (Å²) in [5.74, 6) is 0.509. The second-order valence-electron chi connectivity index (χ2n) is 7.24. The van der Waals surface area contributed by atoms with Crippen LogP contribution in [-0.4, -0.2) is 55.6 Å². The smallest absolute Gasteiger partial charge is 0.191 e. The van der Waals surface area contributed by atoms with Crippen molar-refractivity contribution in [3.8, 4) is 0 Å². The van der Waals surface area contributed by atoms with Crippen molar-refractivity contribution < 1.29 is 9.13 Å². The third kappa shape index (κ3) is 5.93. The van der Waals surface area contributed by atoms with Crippen molar-refractivity contribution in [1.82, 2.24) is 20.4 Å². The summed E-state index contributed by atoms with van der Waals surface area (Å²) in [6.07, 6.45) is 0.936. The van der Waals surface area contributed by atoms with Crippen molar-refractivity contribution in [2.75, 3.05) is 44.8 Å². The first-order valence-electron chi connectivity index (χ1n) is 10.1. The van der Waals surface area contributed by atoms with E-state index in [1.165, 1.54) is 5.69 Å². The molecule has 2 N–H and O–H groups in total. The lowest BCUT2D eigenvalue weighted by Crippen LogP contribution is -2.38. The van der Waals surface area contributed by atoms with Gasteiger partial charge in [0.25, 0.3) is 0 Å². The molecule has 8 heteroatoms. The van der Waals surface area contributed by atoms with Crippen molar-refractivity contribution in [3.63, 3.8) is 0 Å². The molecule has 0 amide bonds. The first-order chi connectivity index (χ1) is 14.1. The number of aliphatic imine (C=N–C) groups is 1. The molecule has 0 saturated carbocycles. The molecule has 3 rings (SSSR count). The Hall–Kier alpha value is -2.61. The van der Waals surface area contributed by atoms with Crippen LogP contribution in [0.15, 0.2) is 29.3 Å². The highest BCUT2D eigenvalue weighted by atomic mass is 19.1. The van der Waals surface area contributed by atoms with Gasteiger partial charge in [-0.05, 0) is 44.0 Å². The monoisotopic (exact) mass is 402 g/mol. The van der Waals surface area contributed by atoms with Gasteiger partial charge in [-0.2, -0.15) is 5.10 Å². The predicted octanol–water partition coefficient (Wildman–Crippen LogP) is 2.23. The molecule has 1 saturated heterocycles. The number of benzene rings is 1. The van der Waals surface area contributed by atoms with E-state index in [9.17, 15) is 4.39 Å². The van der Waals surface area contributed by atoms with Gasteiger partial charge in [-0.1, -0.05) is 6.07 Å². The van der Waals surface area contributed by atoms with Crippen LogP contribution in [0.25, 0.3) is 0 Å². The van der Waals surface area contributed by atoms with Gasteiger partial charge in [-0.3, -0.25) is 9.67 Å². The first-order valence-corrected chi connectivity index (χ1v) is 10.1. The number of hydrogen-bond acceptors (Lipinski definition) is 4. The highest BCUT2D eigenvalue weighted by molar-refractivity contribution is 5.79. The zero-order chi connectivity index (χ0) is 20.6. The molecule has 2 aromatic rings. The van der Waals surface area contributed by atoms with E-state index in [4.69, 9.17) is 4.74 Å². The van der Waals surface area contributed by atoms with Crippen LogP contribution in [-0.2, 0) is 17.8 Å². The molecule has 1 aromatic carbocycles. The van der Waals surface area contributed by atoms with E-state index in [1.807, 2.05) is 28.6 Å². The minimum Gasteiger partial charge on any atom is -0.378 e. The molecule has 0 radical (unpaired) electrons. The predicted molar refractivity (Wildman–Crippen MR) is 114 cm³/mol. The number of aromatic nitrogens is 2. The number of hydrogen-bond donors (Lipinski definition) is 2. The van der Waals surface area contributed by atoms with Crippen molar-refractivity contribution in [3.05, 3.63) is 47.0 Å². The Bertz CT molecular complexity index is 829. The number of anilines is 1. The zero-order valence-electron chi connectivity index (χ0n) is 17.5. The summed E-state index contributed by atoms with van der Waals surface area (Å²) in [6, 6.07) is 7.48. The maximum atomic E-state index is 14.5. The van der Waals surface area contributed by atoms with Gasteiger partial charge in [0, 0.05) is 45.5 Å². The molecule has 0 spiro atoms. The molecular weight excluding hydrogens is 371 g/mol. The van der Waals surface area contributed by atoms with Crippen LogP contribution < -0.4 is 15.5 Å². The SMILES string of the molecule is CN=C(NCCCn1nc(C)cc1C)NCc1ccc(N2CCOCC2)c(F)c1. The van der Waals surface area contributed by atoms with Crippen LogP contribution in [0.5, 0.6) is 0 Å². The summed E-state index contributed by atoms with van der Waals surface area (Å²) < 4.78 is 21.9. The lowest BCUT2D eigenvalue weighted by atomic mass is 10.1. The Morgan fingerprint density at radius 1 is 1.21 bits per heavy atom. The number of ether oxygens (including phenoxy) is 1. The number of aryl methyl sites for hydroxylation is 3. The molecule has 158 valence electrons. The fourth-order valence-corrected chi connectivity index (χ4v) is 3.46. The van der Waals surface area contributed by atoms with Crippen molar-refractivity contribution in [2.45, 2.75) is 33.4 Å². The van der Waals surface area contributed by atoms with Crippen LogP contribution in [0.3, 0.4) is 0 Å².